The summed E-state index contributed by atoms with van der Waals surface area (Å²) in [5, 5.41) is 0. The van der Waals surface area contributed by atoms with Crippen molar-refractivity contribution in [2.45, 2.75) is 20.3 Å². The van der Waals surface area contributed by atoms with E-state index >= 15 is 0 Å². The molecular weight excluding hydrogens is 205 g/mol. The second kappa shape index (κ2) is 6.81. The topological polar surface area (TPSA) is 35.2 Å². The van der Waals surface area contributed by atoms with Crippen molar-refractivity contribution in [2.24, 2.45) is 5.73 Å². The quantitative estimate of drug-likeness (QED) is 0.755. The molecule has 0 aliphatic rings. The molecule has 0 amide bonds. The normalized spacial score (nSPS) is 10.7. The third kappa shape index (κ3) is 3.81. The molecule has 0 fully saturated rings. The van der Waals surface area contributed by atoms with Gasteiger partial charge >= 0.3 is 0 Å². The van der Waals surface area contributed by atoms with Gasteiger partial charge in [0.05, 0.1) is 8.15 Å². The fourth-order valence-electron chi connectivity index (χ4n) is 1.45. The Morgan fingerprint density at radius 1 is 1.20 bits per heavy atom. The van der Waals surface area contributed by atoms with Gasteiger partial charge in [0.1, 0.15) is 5.75 Å². The van der Waals surface area contributed by atoms with Crippen LogP contribution in [-0.4, -0.2) is 18.9 Å². The number of para-hydroxylation sites is 1. The predicted molar refractivity (Wildman–Crippen MR) is 67.8 cm³/mol. The van der Waals surface area contributed by atoms with Crippen molar-refractivity contribution < 1.29 is 4.52 Å². The van der Waals surface area contributed by atoms with Crippen molar-refractivity contribution in [2.75, 3.05) is 18.9 Å². The summed E-state index contributed by atoms with van der Waals surface area (Å²) in [5.74, 6) is 1.03. The Labute approximate surface area is 93.7 Å². The summed E-state index contributed by atoms with van der Waals surface area (Å²) < 4.78 is 6.01. The third-order valence-corrected chi connectivity index (χ3v) is 4.18. The van der Waals surface area contributed by atoms with Crippen LogP contribution in [0.5, 0.6) is 5.75 Å². The van der Waals surface area contributed by atoms with Crippen LogP contribution >= 0.6 is 8.15 Å². The number of hydrogen-bond acceptors (Lipinski definition) is 2. The van der Waals surface area contributed by atoms with Crippen molar-refractivity contribution in [1.29, 1.82) is 0 Å². The zero-order valence-corrected chi connectivity index (χ0v) is 10.5. The molecule has 2 nitrogen and oxygen atoms in total. The Balaban J connectivity index is 2.73. The average molecular weight is 225 g/mol. The number of nitrogens with two attached hydrogens (primary N) is 1. The molecule has 0 spiro atoms. The van der Waals surface area contributed by atoms with Gasteiger partial charge in [-0.3, -0.25) is 0 Å². The van der Waals surface area contributed by atoms with Crippen LogP contribution in [0.3, 0.4) is 0 Å². The van der Waals surface area contributed by atoms with Crippen molar-refractivity contribution in [3.8, 4) is 5.75 Å². The molecule has 0 atom stereocenters. The van der Waals surface area contributed by atoms with Crippen LogP contribution in [0.15, 0.2) is 24.3 Å². The molecule has 0 heterocycles. The SMILES string of the molecule is CCP(CC)Oc1ccccc1CCN. The second-order valence-electron chi connectivity index (χ2n) is 3.35. The van der Waals surface area contributed by atoms with Crippen molar-refractivity contribution in [3.63, 3.8) is 0 Å². The van der Waals surface area contributed by atoms with Gasteiger partial charge < -0.3 is 10.3 Å². The molecule has 1 aromatic rings. The Bertz CT molecular complexity index is 287. The van der Waals surface area contributed by atoms with Gasteiger partial charge in [0.15, 0.2) is 0 Å². The van der Waals surface area contributed by atoms with Gasteiger partial charge in [-0.15, -0.1) is 0 Å². The zero-order valence-electron chi connectivity index (χ0n) is 9.57. The average Bonchev–Trinajstić information content (AvgIpc) is 2.28. The molecule has 3 heteroatoms. The lowest BCUT2D eigenvalue weighted by molar-refractivity contribution is 0.603. The molecule has 0 saturated heterocycles. The van der Waals surface area contributed by atoms with Gasteiger partial charge in [0.2, 0.25) is 0 Å². The van der Waals surface area contributed by atoms with Crippen LogP contribution < -0.4 is 10.3 Å². The summed E-state index contributed by atoms with van der Waals surface area (Å²) >= 11 is 0. The van der Waals surface area contributed by atoms with Crippen LogP contribution in [0, 0.1) is 0 Å². The molecule has 0 aliphatic carbocycles. The maximum Gasteiger partial charge on any atom is 0.126 e. The van der Waals surface area contributed by atoms with Gasteiger partial charge in [0.25, 0.3) is 0 Å². The Morgan fingerprint density at radius 3 is 2.47 bits per heavy atom. The predicted octanol–water partition coefficient (Wildman–Crippen LogP) is 3.00. The molecule has 15 heavy (non-hydrogen) atoms. The third-order valence-electron chi connectivity index (χ3n) is 2.32. The fourth-order valence-corrected chi connectivity index (χ4v) is 2.61. The van der Waals surface area contributed by atoms with Crippen LogP contribution in [-0.2, 0) is 6.42 Å². The van der Waals surface area contributed by atoms with E-state index in [9.17, 15) is 0 Å². The summed E-state index contributed by atoms with van der Waals surface area (Å²) in [6.45, 7) is 5.04. The van der Waals surface area contributed by atoms with Gasteiger partial charge in [-0.05, 0) is 24.6 Å². The maximum atomic E-state index is 6.01. The van der Waals surface area contributed by atoms with Crippen molar-refractivity contribution >= 4 is 8.15 Å². The van der Waals surface area contributed by atoms with E-state index < -0.39 is 0 Å². The van der Waals surface area contributed by atoms with Crippen LogP contribution in [0.2, 0.25) is 0 Å². The summed E-state index contributed by atoms with van der Waals surface area (Å²) in [4.78, 5) is 0. The molecule has 1 aromatic carbocycles. The van der Waals surface area contributed by atoms with E-state index in [2.05, 4.69) is 19.9 Å². The minimum absolute atomic E-state index is 0.300. The number of benzene rings is 1. The van der Waals surface area contributed by atoms with Crippen molar-refractivity contribution in [3.05, 3.63) is 29.8 Å². The van der Waals surface area contributed by atoms with Crippen LogP contribution in [0.4, 0.5) is 0 Å². The molecule has 0 aliphatic heterocycles. The molecule has 0 bridgehead atoms. The van der Waals surface area contributed by atoms with Gasteiger partial charge in [-0.25, -0.2) is 0 Å². The molecule has 1 rings (SSSR count). The lowest BCUT2D eigenvalue weighted by Crippen LogP contribution is -2.04. The van der Waals surface area contributed by atoms with Crippen molar-refractivity contribution in [1.82, 2.24) is 0 Å². The number of rotatable bonds is 6. The molecule has 0 aromatic heterocycles. The maximum absolute atomic E-state index is 6.01. The van der Waals surface area contributed by atoms with E-state index in [-0.39, 0.29) is 8.15 Å². The van der Waals surface area contributed by atoms with Crippen LogP contribution in [0.1, 0.15) is 19.4 Å². The Morgan fingerprint density at radius 2 is 1.87 bits per heavy atom. The standard InChI is InChI=1S/C12H20NOP/c1-3-15(4-2)14-12-8-6-5-7-11(12)9-10-13/h5-8H,3-4,9-10,13H2,1-2H3. The molecular formula is C12H20NOP. The van der Waals surface area contributed by atoms with E-state index in [4.69, 9.17) is 10.3 Å². The minimum atomic E-state index is -0.300. The summed E-state index contributed by atoms with van der Waals surface area (Å²) in [7, 11) is -0.300. The molecule has 84 valence electrons. The minimum Gasteiger partial charge on any atom is -0.474 e. The fraction of sp³-hybridized carbons (Fsp3) is 0.500. The van der Waals surface area contributed by atoms with Gasteiger partial charge in [-0.2, -0.15) is 0 Å². The summed E-state index contributed by atoms with van der Waals surface area (Å²) in [6.07, 6.45) is 3.12. The van der Waals surface area contributed by atoms with E-state index in [1.54, 1.807) is 0 Å². The van der Waals surface area contributed by atoms with E-state index in [1.807, 2.05) is 18.2 Å². The Hall–Kier alpha value is -0.590. The van der Waals surface area contributed by atoms with E-state index in [0.717, 1.165) is 24.5 Å². The molecule has 2 N–H and O–H groups in total. The Kier molecular flexibility index (Phi) is 5.67. The summed E-state index contributed by atoms with van der Waals surface area (Å²) in [6, 6.07) is 8.21. The number of hydrogen-bond donors (Lipinski definition) is 1. The smallest absolute Gasteiger partial charge is 0.126 e. The van der Waals surface area contributed by atoms with E-state index in [0.29, 0.717) is 6.54 Å². The monoisotopic (exact) mass is 225 g/mol. The highest BCUT2D eigenvalue weighted by Crippen LogP contribution is 2.38. The van der Waals surface area contributed by atoms with Crippen LogP contribution in [0.25, 0.3) is 0 Å². The lowest BCUT2D eigenvalue weighted by Gasteiger charge is -2.17. The van der Waals surface area contributed by atoms with Gasteiger partial charge in [0, 0.05) is 12.3 Å². The zero-order chi connectivity index (χ0) is 11.1. The molecule has 0 radical (unpaired) electrons. The second-order valence-corrected chi connectivity index (χ2v) is 5.76. The molecule has 0 saturated carbocycles. The first-order valence-electron chi connectivity index (χ1n) is 5.52. The lowest BCUT2D eigenvalue weighted by atomic mass is 10.1. The largest absolute Gasteiger partial charge is 0.474 e. The highest BCUT2D eigenvalue weighted by Gasteiger charge is 2.08. The first kappa shape index (κ1) is 12.5. The molecule has 0 unspecified atom stereocenters. The van der Waals surface area contributed by atoms with E-state index in [1.165, 1.54) is 5.56 Å². The highest BCUT2D eigenvalue weighted by atomic mass is 31.1. The van der Waals surface area contributed by atoms with Gasteiger partial charge in [-0.1, -0.05) is 32.0 Å². The highest BCUT2D eigenvalue weighted by molar-refractivity contribution is 7.52. The first-order valence-corrected chi connectivity index (χ1v) is 7.15. The summed E-state index contributed by atoms with van der Waals surface area (Å²) in [5.41, 5.74) is 6.81. The first-order chi connectivity index (χ1) is 7.31.